The summed E-state index contributed by atoms with van der Waals surface area (Å²) in [4.78, 5) is 13.9. The van der Waals surface area contributed by atoms with Crippen molar-refractivity contribution in [1.82, 2.24) is 10.2 Å². The van der Waals surface area contributed by atoms with Gasteiger partial charge in [-0.05, 0) is 44.2 Å². The smallest absolute Gasteiger partial charge is 0.321 e. The van der Waals surface area contributed by atoms with Gasteiger partial charge in [-0.15, -0.1) is 12.4 Å². The van der Waals surface area contributed by atoms with Crippen molar-refractivity contribution in [3.63, 3.8) is 0 Å². The number of amides is 2. The zero-order valence-corrected chi connectivity index (χ0v) is 12.4. The lowest BCUT2D eigenvalue weighted by Crippen LogP contribution is -2.48. The first-order valence-corrected chi connectivity index (χ1v) is 6.55. The Labute approximate surface area is 124 Å². The van der Waals surface area contributed by atoms with E-state index < -0.39 is 0 Å². The molecule has 1 saturated heterocycles. The first-order chi connectivity index (χ1) is 8.69. The zero-order chi connectivity index (χ0) is 13.0. The highest BCUT2D eigenvalue weighted by Gasteiger charge is 2.22. The van der Waals surface area contributed by atoms with E-state index in [2.05, 4.69) is 10.6 Å². The quantitative estimate of drug-likeness (QED) is 0.882. The van der Waals surface area contributed by atoms with Crippen LogP contribution in [0.4, 0.5) is 10.5 Å². The van der Waals surface area contributed by atoms with Gasteiger partial charge in [0.25, 0.3) is 0 Å². The molecular formula is C13H19Cl2N3O. The number of likely N-dealkylation sites (N-methyl/N-ethyl adjacent to an activating group) is 1. The molecule has 6 heteroatoms. The van der Waals surface area contributed by atoms with Gasteiger partial charge in [0.05, 0.1) is 0 Å². The predicted molar refractivity (Wildman–Crippen MR) is 81.4 cm³/mol. The second kappa shape index (κ2) is 7.58. The van der Waals surface area contributed by atoms with Gasteiger partial charge >= 0.3 is 6.03 Å². The minimum Gasteiger partial charge on any atom is -0.323 e. The summed E-state index contributed by atoms with van der Waals surface area (Å²) in [6, 6.07) is 7.50. The average Bonchev–Trinajstić information content (AvgIpc) is 2.41. The number of nitrogens with zero attached hydrogens (tertiary/aromatic N) is 1. The standard InChI is InChI=1S/C13H18ClN3O.ClH/c1-15-12-3-2-8-17(9-12)13(18)16-11-6-4-10(14)5-7-11;/h4-7,12,15H,2-3,8-9H2,1H3,(H,16,18);1H/t12-;/m1./s1. The molecule has 1 heterocycles. The molecule has 1 aliphatic rings. The van der Waals surface area contributed by atoms with E-state index in [0.717, 1.165) is 31.6 Å². The molecule has 1 aromatic carbocycles. The number of nitrogens with one attached hydrogen (secondary N) is 2. The van der Waals surface area contributed by atoms with E-state index >= 15 is 0 Å². The normalized spacial score (nSPS) is 18.6. The molecule has 1 aromatic rings. The maximum absolute atomic E-state index is 12.1. The van der Waals surface area contributed by atoms with Gasteiger partial charge in [0.2, 0.25) is 0 Å². The summed E-state index contributed by atoms with van der Waals surface area (Å²) in [6.45, 7) is 1.58. The third-order valence-electron chi connectivity index (χ3n) is 3.21. The first kappa shape index (κ1) is 16.1. The molecule has 1 atom stereocenters. The van der Waals surface area contributed by atoms with Crippen molar-refractivity contribution in [3.05, 3.63) is 29.3 Å². The number of hydrogen-bond acceptors (Lipinski definition) is 2. The van der Waals surface area contributed by atoms with Crippen LogP contribution in [0.5, 0.6) is 0 Å². The summed E-state index contributed by atoms with van der Waals surface area (Å²) >= 11 is 5.80. The number of likely N-dealkylation sites (tertiary alicyclic amines) is 1. The highest BCUT2D eigenvalue weighted by molar-refractivity contribution is 6.30. The molecule has 0 unspecified atom stereocenters. The Morgan fingerprint density at radius 3 is 2.68 bits per heavy atom. The number of halogens is 2. The highest BCUT2D eigenvalue weighted by Crippen LogP contribution is 2.15. The number of carbonyl (C=O) groups is 1. The van der Waals surface area contributed by atoms with Gasteiger partial charge in [0.1, 0.15) is 0 Å². The molecule has 0 aromatic heterocycles. The summed E-state index contributed by atoms with van der Waals surface area (Å²) in [7, 11) is 1.94. The molecular weight excluding hydrogens is 285 g/mol. The fourth-order valence-electron chi connectivity index (χ4n) is 2.13. The third kappa shape index (κ3) is 4.56. The minimum absolute atomic E-state index is 0. The van der Waals surface area contributed by atoms with Crippen molar-refractivity contribution < 1.29 is 4.79 Å². The van der Waals surface area contributed by atoms with Gasteiger partial charge < -0.3 is 15.5 Å². The van der Waals surface area contributed by atoms with Gasteiger partial charge in [-0.1, -0.05) is 11.6 Å². The van der Waals surface area contributed by atoms with Crippen molar-refractivity contribution in [2.75, 3.05) is 25.5 Å². The molecule has 2 rings (SSSR count). The van der Waals surface area contributed by atoms with Crippen LogP contribution in [0, 0.1) is 0 Å². The second-order valence-corrected chi connectivity index (χ2v) is 4.95. The van der Waals surface area contributed by atoms with Crippen molar-refractivity contribution in [2.24, 2.45) is 0 Å². The van der Waals surface area contributed by atoms with Crippen LogP contribution in [0.2, 0.25) is 5.02 Å². The molecule has 0 radical (unpaired) electrons. The molecule has 1 fully saturated rings. The summed E-state index contributed by atoms with van der Waals surface area (Å²) in [5.74, 6) is 0. The number of anilines is 1. The van der Waals surface area contributed by atoms with E-state index in [4.69, 9.17) is 11.6 Å². The van der Waals surface area contributed by atoms with E-state index in [0.29, 0.717) is 11.1 Å². The number of piperidine rings is 1. The molecule has 0 aliphatic carbocycles. The molecule has 106 valence electrons. The fraction of sp³-hybridized carbons (Fsp3) is 0.462. The van der Waals surface area contributed by atoms with Gasteiger partial charge in [-0.3, -0.25) is 0 Å². The Balaban J connectivity index is 0.00000180. The molecule has 2 amide bonds. The van der Waals surface area contributed by atoms with Gasteiger partial charge in [-0.2, -0.15) is 0 Å². The number of carbonyl (C=O) groups excluding carboxylic acids is 1. The maximum Gasteiger partial charge on any atom is 0.321 e. The maximum atomic E-state index is 12.1. The fourth-order valence-corrected chi connectivity index (χ4v) is 2.26. The molecule has 0 spiro atoms. The summed E-state index contributed by atoms with van der Waals surface area (Å²) in [6.07, 6.45) is 2.17. The van der Waals surface area contributed by atoms with E-state index in [1.165, 1.54) is 0 Å². The number of urea groups is 1. The lowest BCUT2D eigenvalue weighted by Gasteiger charge is -2.32. The minimum atomic E-state index is -0.0442. The van der Waals surface area contributed by atoms with Crippen LogP contribution in [-0.2, 0) is 0 Å². The Morgan fingerprint density at radius 2 is 2.05 bits per heavy atom. The van der Waals surface area contributed by atoms with Crippen LogP contribution in [0.25, 0.3) is 0 Å². The Bertz CT molecular complexity index is 411. The van der Waals surface area contributed by atoms with Crippen LogP contribution in [0.3, 0.4) is 0 Å². The Morgan fingerprint density at radius 1 is 1.37 bits per heavy atom. The number of rotatable bonds is 2. The molecule has 1 aliphatic heterocycles. The van der Waals surface area contributed by atoms with Crippen LogP contribution < -0.4 is 10.6 Å². The van der Waals surface area contributed by atoms with Crippen LogP contribution >= 0.6 is 24.0 Å². The van der Waals surface area contributed by atoms with Crippen LogP contribution in [0.1, 0.15) is 12.8 Å². The SMILES string of the molecule is CN[C@@H]1CCCN(C(=O)Nc2ccc(Cl)cc2)C1.Cl. The third-order valence-corrected chi connectivity index (χ3v) is 3.46. The van der Waals surface area contributed by atoms with Crippen molar-refractivity contribution in [3.8, 4) is 0 Å². The van der Waals surface area contributed by atoms with Gasteiger partial charge in [0.15, 0.2) is 0 Å². The summed E-state index contributed by atoms with van der Waals surface area (Å²) < 4.78 is 0. The van der Waals surface area contributed by atoms with E-state index in [1.54, 1.807) is 24.3 Å². The van der Waals surface area contributed by atoms with Crippen LogP contribution in [0.15, 0.2) is 24.3 Å². The van der Waals surface area contributed by atoms with Gasteiger partial charge in [-0.25, -0.2) is 4.79 Å². The Hall–Kier alpha value is -0.970. The van der Waals surface area contributed by atoms with Crippen molar-refractivity contribution in [2.45, 2.75) is 18.9 Å². The topological polar surface area (TPSA) is 44.4 Å². The van der Waals surface area contributed by atoms with Crippen LogP contribution in [-0.4, -0.2) is 37.1 Å². The molecule has 0 saturated carbocycles. The largest absolute Gasteiger partial charge is 0.323 e. The average molecular weight is 304 g/mol. The first-order valence-electron chi connectivity index (χ1n) is 6.18. The molecule has 19 heavy (non-hydrogen) atoms. The number of benzene rings is 1. The Kier molecular flexibility index (Phi) is 6.42. The number of hydrogen-bond donors (Lipinski definition) is 2. The highest BCUT2D eigenvalue weighted by atomic mass is 35.5. The lowest BCUT2D eigenvalue weighted by atomic mass is 10.1. The summed E-state index contributed by atoms with van der Waals surface area (Å²) in [5, 5.41) is 6.77. The molecule has 2 N–H and O–H groups in total. The monoisotopic (exact) mass is 303 g/mol. The van der Waals surface area contributed by atoms with Gasteiger partial charge in [0, 0.05) is 29.8 Å². The van der Waals surface area contributed by atoms with E-state index in [-0.39, 0.29) is 18.4 Å². The second-order valence-electron chi connectivity index (χ2n) is 4.51. The zero-order valence-electron chi connectivity index (χ0n) is 10.9. The molecule has 0 bridgehead atoms. The van der Waals surface area contributed by atoms with Crippen molar-refractivity contribution in [1.29, 1.82) is 0 Å². The van der Waals surface area contributed by atoms with Crippen molar-refractivity contribution >= 4 is 35.7 Å². The van der Waals surface area contributed by atoms with E-state index in [1.807, 2.05) is 11.9 Å². The predicted octanol–water partition coefficient (Wildman–Crippen LogP) is 2.98. The van der Waals surface area contributed by atoms with E-state index in [9.17, 15) is 4.79 Å². The lowest BCUT2D eigenvalue weighted by molar-refractivity contribution is 0.187. The summed E-state index contributed by atoms with van der Waals surface area (Å²) in [5.41, 5.74) is 0.774. The molecule has 4 nitrogen and oxygen atoms in total.